The van der Waals surface area contributed by atoms with Crippen molar-refractivity contribution in [3.05, 3.63) is 0 Å². The summed E-state index contributed by atoms with van der Waals surface area (Å²) in [5, 5.41) is 0. The van der Waals surface area contributed by atoms with Gasteiger partial charge < -0.3 is 19.3 Å². The van der Waals surface area contributed by atoms with Gasteiger partial charge in [0.25, 0.3) is 0 Å². The SMILES string of the molecule is C[C@@H]1CCC[C@]2(C)C[C@H]3OC(=O)[C@@H](C[NH+]4CC[NH+](C)CC4)[C@H]3[C@@H]3O[C@@]132. The maximum absolute atomic E-state index is 12.7. The van der Waals surface area contributed by atoms with Crippen molar-refractivity contribution in [2.24, 2.45) is 23.2 Å². The van der Waals surface area contributed by atoms with E-state index in [0.717, 1.165) is 13.0 Å². The first-order chi connectivity index (χ1) is 11.9. The quantitative estimate of drug-likeness (QED) is 0.492. The van der Waals surface area contributed by atoms with Crippen molar-refractivity contribution < 1.29 is 24.1 Å². The zero-order valence-corrected chi connectivity index (χ0v) is 16.0. The van der Waals surface area contributed by atoms with E-state index in [4.69, 9.17) is 9.47 Å². The van der Waals surface area contributed by atoms with Crippen molar-refractivity contribution in [1.82, 2.24) is 0 Å². The highest BCUT2D eigenvalue weighted by molar-refractivity contribution is 5.76. The Kier molecular flexibility index (Phi) is 3.59. The molecular weight excluding hydrogens is 316 g/mol. The van der Waals surface area contributed by atoms with E-state index in [1.165, 1.54) is 45.4 Å². The molecule has 5 heteroatoms. The summed E-state index contributed by atoms with van der Waals surface area (Å²) in [6.45, 7) is 10.5. The molecule has 5 nitrogen and oxygen atoms in total. The normalized spacial score (nSPS) is 57.2. The third-order valence-corrected chi connectivity index (χ3v) is 8.51. The third-order valence-electron chi connectivity index (χ3n) is 8.51. The standard InChI is InChI=1S/C20H32N2O3/c1-13-5-4-6-19(2)11-15-16(17-20(13,19)25-17)14(18(23)24-15)12-22-9-7-21(3)8-10-22/h13-17H,4-12H2,1-3H3/p+2/t13-,14+,15-,16-,17+,19-,20+/m1/s1. The molecule has 3 aliphatic heterocycles. The van der Waals surface area contributed by atoms with Gasteiger partial charge in [-0.15, -0.1) is 0 Å². The Bertz CT molecular complexity index is 575. The van der Waals surface area contributed by atoms with Gasteiger partial charge >= 0.3 is 5.97 Å². The molecule has 0 bridgehead atoms. The van der Waals surface area contributed by atoms with Crippen LogP contribution in [0.5, 0.6) is 0 Å². The first-order valence-corrected chi connectivity index (χ1v) is 10.5. The van der Waals surface area contributed by atoms with E-state index in [-0.39, 0.29) is 35.1 Å². The number of quaternary nitrogens is 2. The van der Waals surface area contributed by atoms with Gasteiger partial charge in [0.05, 0.1) is 19.7 Å². The van der Waals surface area contributed by atoms with E-state index in [0.29, 0.717) is 11.8 Å². The molecule has 0 aromatic carbocycles. The van der Waals surface area contributed by atoms with Gasteiger partial charge in [-0.3, -0.25) is 4.79 Å². The van der Waals surface area contributed by atoms with Gasteiger partial charge in [-0.25, -0.2) is 0 Å². The van der Waals surface area contributed by atoms with Crippen LogP contribution in [0.1, 0.15) is 39.5 Å². The Hall–Kier alpha value is -0.650. The molecule has 0 unspecified atom stereocenters. The number of esters is 1. The third kappa shape index (κ3) is 2.21. The molecule has 7 atom stereocenters. The highest BCUT2D eigenvalue weighted by atomic mass is 16.6. The Morgan fingerprint density at radius 1 is 1.24 bits per heavy atom. The number of epoxide rings is 1. The molecule has 5 rings (SSSR count). The van der Waals surface area contributed by atoms with Gasteiger partial charge in [0, 0.05) is 11.3 Å². The van der Waals surface area contributed by atoms with Gasteiger partial charge in [0.15, 0.2) is 0 Å². The fourth-order valence-corrected chi connectivity index (χ4v) is 7.01. The van der Waals surface area contributed by atoms with Crippen LogP contribution >= 0.6 is 0 Å². The summed E-state index contributed by atoms with van der Waals surface area (Å²) in [4.78, 5) is 15.9. The number of fused-ring (bicyclic) bond motifs is 2. The summed E-state index contributed by atoms with van der Waals surface area (Å²) in [6.07, 6.45) is 5.17. The van der Waals surface area contributed by atoms with E-state index in [2.05, 4.69) is 20.9 Å². The van der Waals surface area contributed by atoms with Crippen LogP contribution in [0.3, 0.4) is 0 Å². The van der Waals surface area contributed by atoms with E-state index in [9.17, 15) is 4.79 Å². The summed E-state index contributed by atoms with van der Waals surface area (Å²) in [6, 6.07) is 0. The molecule has 5 fully saturated rings. The van der Waals surface area contributed by atoms with Crippen LogP contribution in [0.4, 0.5) is 0 Å². The van der Waals surface area contributed by atoms with E-state index < -0.39 is 0 Å². The second-order valence-electron chi connectivity index (χ2n) is 9.96. The topological polar surface area (TPSA) is 47.7 Å². The smallest absolute Gasteiger partial charge is 0.315 e. The van der Waals surface area contributed by atoms with Gasteiger partial charge in [-0.1, -0.05) is 20.3 Å². The van der Waals surface area contributed by atoms with Crippen LogP contribution in [0.25, 0.3) is 0 Å². The number of likely N-dealkylation sites (N-methyl/N-ethyl adjacent to an activating group) is 1. The fraction of sp³-hybridized carbons (Fsp3) is 0.950. The highest BCUT2D eigenvalue weighted by Gasteiger charge is 2.78. The molecule has 3 heterocycles. The van der Waals surface area contributed by atoms with Gasteiger partial charge in [-0.05, 0) is 25.2 Å². The summed E-state index contributed by atoms with van der Waals surface area (Å²) in [5.74, 6) is 1.05. The monoisotopic (exact) mass is 350 g/mol. The lowest BCUT2D eigenvalue weighted by Gasteiger charge is -2.48. The number of ether oxygens (including phenoxy) is 2. The Morgan fingerprint density at radius 3 is 2.76 bits per heavy atom. The number of hydrogen-bond acceptors (Lipinski definition) is 3. The Balaban J connectivity index is 1.37. The summed E-state index contributed by atoms with van der Waals surface area (Å²) < 4.78 is 12.5. The van der Waals surface area contributed by atoms with Gasteiger partial charge in [-0.2, -0.15) is 0 Å². The average Bonchev–Trinajstić information content (AvgIpc) is 3.25. The molecule has 0 amide bonds. The minimum absolute atomic E-state index is 0.0419. The van der Waals surface area contributed by atoms with Gasteiger partial charge in [0.2, 0.25) is 0 Å². The maximum atomic E-state index is 12.7. The number of piperazine rings is 1. The molecule has 2 N–H and O–H groups in total. The first kappa shape index (κ1) is 16.5. The lowest BCUT2D eigenvalue weighted by molar-refractivity contribution is -1.00. The number of rotatable bonds is 2. The summed E-state index contributed by atoms with van der Waals surface area (Å²) >= 11 is 0. The molecule has 3 saturated heterocycles. The number of carbonyl (C=O) groups excluding carboxylic acids is 1. The molecule has 25 heavy (non-hydrogen) atoms. The number of hydrogen-bond donors (Lipinski definition) is 2. The van der Waals surface area contributed by atoms with Crippen molar-refractivity contribution in [3.8, 4) is 0 Å². The minimum atomic E-state index is 0.0419. The maximum Gasteiger partial charge on any atom is 0.315 e. The molecule has 2 saturated carbocycles. The highest BCUT2D eigenvalue weighted by Crippen LogP contribution is 2.70. The predicted molar refractivity (Wildman–Crippen MR) is 92.4 cm³/mol. The van der Waals surface area contributed by atoms with Gasteiger partial charge in [0.1, 0.15) is 43.8 Å². The second kappa shape index (κ2) is 5.43. The number of carbonyl (C=O) groups is 1. The molecular formula is C20H34N2O3+2. The van der Waals surface area contributed by atoms with Crippen molar-refractivity contribution in [2.75, 3.05) is 39.8 Å². The van der Waals surface area contributed by atoms with Crippen LogP contribution in [-0.2, 0) is 14.3 Å². The molecule has 5 aliphatic rings. The molecule has 140 valence electrons. The largest absolute Gasteiger partial charge is 0.462 e. The lowest BCUT2D eigenvalue weighted by Crippen LogP contribution is -3.27. The second-order valence-corrected chi connectivity index (χ2v) is 9.96. The molecule has 0 radical (unpaired) electrons. The minimum Gasteiger partial charge on any atom is -0.462 e. The van der Waals surface area contributed by atoms with E-state index in [1.807, 2.05) is 0 Å². The molecule has 0 aromatic rings. The lowest BCUT2D eigenvalue weighted by atomic mass is 9.53. The first-order valence-electron chi connectivity index (χ1n) is 10.5. The van der Waals surface area contributed by atoms with Crippen LogP contribution in [0.15, 0.2) is 0 Å². The van der Waals surface area contributed by atoms with Crippen LogP contribution in [0, 0.1) is 23.2 Å². The average molecular weight is 351 g/mol. The Labute approximate surface area is 151 Å². The summed E-state index contributed by atoms with van der Waals surface area (Å²) in [7, 11) is 2.27. The molecule has 0 aromatic heterocycles. The number of nitrogens with one attached hydrogen (secondary N) is 2. The van der Waals surface area contributed by atoms with Crippen LogP contribution in [0.2, 0.25) is 0 Å². The predicted octanol–water partition coefficient (Wildman–Crippen LogP) is -1.07. The van der Waals surface area contributed by atoms with Crippen molar-refractivity contribution in [2.45, 2.75) is 57.3 Å². The zero-order chi connectivity index (χ0) is 17.4. The molecule has 1 spiro atoms. The van der Waals surface area contributed by atoms with E-state index in [1.54, 1.807) is 9.80 Å². The fourth-order valence-electron chi connectivity index (χ4n) is 7.01. The van der Waals surface area contributed by atoms with Crippen molar-refractivity contribution >= 4 is 5.97 Å². The zero-order valence-electron chi connectivity index (χ0n) is 16.0. The Morgan fingerprint density at radius 2 is 2.00 bits per heavy atom. The summed E-state index contributed by atoms with van der Waals surface area (Å²) in [5.41, 5.74) is 0.246. The van der Waals surface area contributed by atoms with Crippen molar-refractivity contribution in [1.29, 1.82) is 0 Å². The van der Waals surface area contributed by atoms with E-state index >= 15 is 0 Å². The van der Waals surface area contributed by atoms with Crippen LogP contribution < -0.4 is 9.80 Å². The van der Waals surface area contributed by atoms with Crippen LogP contribution in [-0.4, -0.2) is 63.5 Å². The molecule has 2 aliphatic carbocycles. The van der Waals surface area contributed by atoms with Crippen molar-refractivity contribution in [3.63, 3.8) is 0 Å².